The Morgan fingerprint density at radius 2 is 1.24 bits per heavy atom. The second kappa shape index (κ2) is 17.4. The molecule has 274 valence electrons. The second-order valence-electron chi connectivity index (χ2n) is 14.0. The van der Waals surface area contributed by atoms with Crippen molar-refractivity contribution in [2.45, 2.75) is 145 Å². The lowest BCUT2D eigenvalue weighted by atomic mass is 10.0. The topological polar surface area (TPSA) is 121 Å². The molecule has 0 aromatic heterocycles. The summed E-state index contributed by atoms with van der Waals surface area (Å²) in [6, 6.07) is 2.09. The number of hydrogen-bond acceptors (Lipinski definition) is 13. The number of cyclic esters (lactones) is 2. The Bertz CT molecular complexity index is 1500. The van der Waals surface area contributed by atoms with Gasteiger partial charge in [-0.25, -0.2) is 14.4 Å². The highest BCUT2D eigenvalue weighted by Crippen LogP contribution is 2.68. The zero-order chi connectivity index (χ0) is 36.8. The molecule has 3 aliphatic heterocycles. The molecule has 3 heterocycles. The van der Waals surface area contributed by atoms with Gasteiger partial charge < -0.3 is 23.7 Å². The quantitative estimate of drug-likeness (QED) is 0.0730. The molecule has 0 aliphatic carbocycles. The Balaban J connectivity index is 1.88. The number of hydrogen-bond donors (Lipinski definition) is 0. The highest BCUT2D eigenvalue weighted by atomic mass is 32.2. The van der Waals surface area contributed by atoms with Crippen molar-refractivity contribution in [3.63, 3.8) is 0 Å². The molecule has 0 spiro atoms. The lowest BCUT2D eigenvalue weighted by Crippen LogP contribution is -2.42. The number of fused-ring (bicyclic) bond motifs is 2. The molecule has 50 heavy (non-hydrogen) atoms. The number of carbonyl (C=O) groups is 3. The highest BCUT2D eigenvalue weighted by Gasteiger charge is 2.45. The van der Waals surface area contributed by atoms with Gasteiger partial charge in [0, 0.05) is 13.8 Å². The summed E-state index contributed by atoms with van der Waals surface area (Å²) in [7, 11) is 0. The summed E-state index contributed by atoms with van der Waals surface area (Å²) in [5.74, 6) is -1.76. The summed E-state index contributed by atoms with van der Waals surface area (Å²) in [5, 5.41) is 10.2. The van der Waals surface area contributed by atoms with Gasteiger partial charge in [-0.2, -0.15) is 5.26 Å². The largest absolute Gasteiger partial charge is 0.491 e. The first kappa shape index (κ1) is 40.4. The van der Waals surface area contributed by atoms with E-state index in [0.717, 1.165) is 61.2 Å². The van der Waals surface area contributed by atoms with Crippen molar-refractivity contribution in [1.29, 1.82) is 5.26 Å². The molecule has 2 unspecified atom stereocenters. The molecule has 1 aromatic carbocycles. The molecular weight excluding hydrogens is 715 g/mol. The average molecular weight is 764 g/mol. The number of unbranched alkanes of at least 4 members (excludes halogenated alkanes) is 2. The third-order valence-electron chi connectivity index (χ3n) is 8.24. The monoisotopic (exact) mass is 763 g/mol. The molecule has 3 aliphatic rings. The Morgan fingerprint density at radius 1 is 0.800 bits per heavy atom. The van der Waals surface area contributed by atoms with Gasteiger partial charge >= 0.3 is 17.9 Å². The normalized spacial score (nSPS) is 17.7. The van der Waals surface area contributed by atoms with Crippen LogP contribution in [0, 0.1) is 23.2 Å². The third-order valence-corrected chi connectivity index (χ3v) is 13.4. The summed E-state index contributed by atoms with van der Waals surface area (Å²) in [6.07, 6.45) is 8.25. The SMILES string of the molecule is CCCCC(CC)COc1c2c(c(OCC(CC)CCCC)c3c1SC(=C1C(=O)OC(C)(C)OC1=O)S3)SC(=C(C#N)C(=O)OC(C)(C)C)S2. The van der Waals surface area contributed by atoms with Gasteiger partial charge in [-0.05, 0) is 45.4 Å². The number of esters is 3. The summed E-state index contributed by atoms with van der Waals surface area (Å²) in [6.45, 7) is 17.9. The van der Waals surface area contributed by atoms with Crippen LogP contribution in [0.4, 0.5) is 0 Å². The molecule has 9 nitrogen and oxygen atoms in total. The molecule has 1 aromatic rings. The fourth-order valence-corrected chi connectivity index (χ4v) is 10.8. The van der Waals surface area contributed by atoms with Gasteiger partial charge in [0.2, 0.25) is 0 Å². The van der Waals surface area contributed by atoms with Crippen LogP contribution >= 0.6 is 47.0 Å². The number of ether oxygens (including phenoxy) is 5. The Hall–Kier alpha value is -2.40. The lowest BCUT2D eigenvalue weighted by Gasteiger charge is -2.30. The zero-order valence-corrected chi connectivity index (χ0v) is 33.8. The molecule has 13 heteroatoms. The van der Waals surface area contributed by atoms with Crippen molar-refractivity contribution in [3.8, 4) is 17.6 Å². The van der Waals surface area contributed by atoms with Crippen LogP contribution in [0.15, 0.2) is 39.2 Å². The molecule has 0 N–H and O–H groups in total. The van der Waals surface area contributed by atoms with E-state index < -0.39 is 29.3 Å². The van der Waals surface area contributed by atoms with Crippen LogP contribution in [0.1, 0.15) is 114 Å². The number of benzene rings is 1. The van der Waals surface area contributed by atoms with Crippen molar-refractivity contribution >= 4 is 65.0 Å². The average Bonchev–Trinajstić information content (AvgIpc) is 3.65. The first-order valence-electron chi connectivity index (χ1n) is 17.5. The van der Waals surface area contributed by atoms with Crippen LogP contribution in [0.2, 0.25) is 0 Å². The number of nitriles is 1. The molecule has 0 saturated carbocycles. The van der Waals surface area contributed by atoms with E-state index in [1.54, 1.807) is 20.8 Å². The van der Waals surface area contributed by atoms with Gasteiger partial charge in [0.05, 0.1) is 41.3 Å². The van der Waals surface area contributed by atoms with Crippen molar-refractivity contribution in [2.24, 2.45) is 11.8 Å². The highest BCUT2D eigenvalue weighted by molar-refractivity contribution is 8.26. The first-order chi connectivity index (χ1) is 23.7. The molecule has 1 saturated heterocycles. The summed E-state index contributed by atoms with van der Waals surface area (Å²) >= 11 is 5.10. The predicted octanol–water partition coefficient (Wildman–Crippen LogP) is 10.4. The van der Waals surface area contributed by atoms with Crippen LogP contribution in [0.3, 0.4) is 0 Å². The second-order valence-corrected chi connectivity index (χ2v) is 18.6. The third kappa shape index (κ3) is 9.72. The van der Waals surface area contributed by atoms with Crippen LogP contribution in [-0.4, -0.2) is 42.5 Å². The summed E-state index contributed by atoms with van der Waals surface area (Å²) < 4.78 is 30.9. The van der Waals surface area contributed by atoms with Crippen molar-refractivity contribution in [1.82, 2.24) is 0 Å². The van der Waals surface area contributed by atoms with Gasteiger partial charge in [0.1, 0.15) is 23.2 Å². The van der Waals surface area contributed by atoms with E-state index in [4.69, 9.17) is 23.7 Å². The van der Waals surface area contributed by atoms with Crippen LogP contribution in [0.5, 0.6) is 11.5 Å². The number of thioether (sulfide) groups is 4. The minimum Gasteiger partial charge on any atom is -0.491 e. The zero-order valence-electron chi connectivity index (χ0n) is 30.6. The molecule has 0 amide bonds. The molecule has 0 radical (unpaired) electrons. The van der Waals surface area contributed by atoms with E-state index in [9.17, 15) is 19.6 Å². The smallest absolute Gasteiger partial charge is 0.351 e. The fourth-order valence-electron chi connectivity index (χ4n) is 5.39. The molecule has 2 atom stereocenters. The summed E-state index contributed by atoms with van der Waals surface area (Å²) in [4.78, 5) is 42.5. The van der Waals surface area contributed by atoms with E-state index in [1.807, 2.05) is 0 Å². The Kier molecular flexibility index (Phi) is 14.1. The van der Waals surface area contributed by atoms with E-state index in [1.165, 1.54) is 60.9 Å². The number of nitrogens with zero attached hydrogens (tertiary/aromatic N) is 1. The molecule has 1 fully saturated rings. The molecule has 4 rings (SSSR count). The maximum absolute atomic E-state index is 13.2. The standard InChI is InChI=1S/C37H49NO8S4/c1-10-14-16-21(12-3)19-42-25-27-28(48-34(47-27)23(18-38)31(39)44-36(5,6)7)26(43-20-22(13-4)17-15-11-2)30-29(25)49-35(50-30)24-32(40)45-37(8,9)46-33(24)41/h21-22H,10-17,19-20H2,1-9H3. The minimum absolute atomic E-state index is 0.0784. The first-order valence-corrected chi connectivity index (χ1v) is 20.7. The molecular formula is C37H49NO8S4. The predicted molar refractivity (Wildman–Crippen MR) is 199 cm³/mol. The maximum Gasteiger partial charge on any atom is 0.351 e. The van der Waals surface area contributed by atoms with E-state index in [2.05, 4.69) is 33.8 Å². The van der Waals surface area contributed by atoms with Gasteiger partial charge in [0.25, 0.3) is 5.79 Å². The van der Waals surface area contributed by atoms with Crippen LogP contribution < -0.4 is 9.47 Å². The van der Waals surface area contributed by atoms with E-state index in [-0.39, 0.29) is 11.1 Å². The van der Waals surface area contributed by atoms with E-state index >= 15 is 0 Å². The number of carbonyl (C=O) groups excluding carboxylic acids is 3. The van der Waals surface area contributed by atoms with Gasteiger partial charge in [-0.15, -0.1) is 0 Å². The van der Waals surface area contributed by atoms with Crippen LogP contribution in [0.25, 0.3) is 0 Å². The number of rotatable bonds is 15. The van der Waals surface area contributed by atoms with Gasteiger partial charge in [-0.3, -0.25) is 0 Å². The van der Waals surface area contributed by atoms with Crippen molar-refractivity contribution in [3.05, 3.63) is 19.6 Å². The van der Waals surface area contributed by atoms with E-state index in [0.29, 0.717) is 54.8 Å². The summed E-state index contributed by atoms with van der Waals surface area (Å²) in [5.41, 5.74) is -1.02. The lowest BCUT2D eigenvalue weighted by molar-refractivity contribution is -0.222. The maximum atomic E-state index is 13.2. The van der Waals surface area contributed by atoms with Crippen molar-refractivity contribution < 1.29 is 38.1 Å². The van der Waals surface area contributed by atoms with Gasteiger partial charge in [0.15, 0.2) is 11.1 Å². The Morgan fingerprint density at radius 3 is 1.62 bits per heavy atom. The Labute approximate surface area is 313 Å². The van der Waals surface area contributed by atoms with Crippen LogP contribution in [-0.2, 0) is 28.6 Å². The van der Waals surface area contributed by atoms with Gasteiger partial charge in [-0.1, -0.05) is 113 Å². The molecule has 0 bridgehead atoms. The fraction of sp³-hybridized carbons (Fsp3) is 0.622. The van der Waals surface area contributed by atoms with Crippen molar-refractivity contribution in [2.75, 3.05) is 13.2 Å². The minimum atomic E-state index is -1.37.